The number of aliphatic hydroxyl groups excluding tert-OH is 1. The number of Topliss-reactive ketones (excluding diaryl/α,β-unsaturated/α-hetero) is 1. The Morgan fingerprint density at radius 1 is 1.09 bits per heavy atom. The van der Waals surface area contributed by atoms with Crippen LogP contribution < -0.4 is 0 Å². The van der Waals surface area contributed by atoms with Crippen LogP contribution in [0.1, 0.15) is 108 Å². The Morgan fingerprint density at radius 3 is 2.11 bits per heavy atom. The Labute approximate surface area is 298 Å². The van der Waals surface area contributed by atoms with Crippen molar-refractivity contribution in [3.8, 4) is 0 Å². The van der Waals surface area contributed by atoms with Gasteiger partial charge >= 0.3 is 5.97 Å². The van der Waals surface area contributed by atoms with Crippen LogP contribution in [0.3, 0.4) is 0 Å². The fourth-order valence-corrected chi connectivity index (χ4v) is 8.89. The van der Waals surface area contributed by atoms with E-state index in [-0.39, 0.29) is 40.9 Å². The molecule has 46 heavy (non-hydrogen) atoms. The standard InChI is InChI=1S/C37H67IO6Si2/c1-16-22-37(11)31(43-45(12,13)35(5,6)7)23-32(40)42-30(27(3)24-38)21-20-29(25-39)19-17-18-26(2)33(28(4)34(37)41)44-46(14,15)36(8,9)10/h16,20,24,26,28,30-31,33,39H,1,17-19,21-23,25H2,2-15H3/b27-24+,29-20+/t26-,28+,30-,31-,33-,37+/m0/s1. The Kier molecular flexibility index (Phi) is 16.4. The highest BCUT2D eigenvalue weighted by molar-refractivity contribution is 14.1. The van der Waals surface area contributed by atoms with Crippen molar-refractivity contribution in [2.24, 2.45) is 17.3 Å². The number of carbonyl (C=O) groups excluding carboxylic acids is 2. The summed E-state index contributed by atoms with van der Waals surface area (Å²) in [7, 11) is -4.69. The lowest BCUT2D eigenvalue weighted by atomic mass is 9.69. The van der Waals surface area contributed by atoms with Crippen molar-refractivity contribution in [1.29, 1.82) is 0 Å². The third kappa shape index (κ3) is 11.5. The van der Waals surface area contributed by atoms with Gasteiger partial charge in [0.2, 0.25) is 0 Å². The highest BCUT2D eigenvalue weighted by Gasteiger charge is 2.51. The van der Waals surface area contributed by atoms with Gasteiger partial charge in [-0.1, -0.05) is 90.1 Å². The van der Waals surface area contributed by atoms with Crippen molar-refractivity contribution >= 4 is 51.0 Å². The minimum Gasteiger partial charge on any atom is -0.457 e. The van der Waals surface area contributed by atoms with Crippen LogP contribution in [0.25, 0.3) is 0 Å². The molecule has 1 rings (SSSR count). The van der Waals surface area contributed by atoms with Crippen molar-refractivity contribution in [2.45, 2.75) is 162 Å². The summed E-state index contributed by atoms with van der Waals surface area (Å²) in [6.45, 7) is 34.1. The molecular formula is C37H67IO6Si2. The molecule has 0 aromatic rings. The van der Waals surface area contributed by atoms with Crippen LogP contribution >= 0.6 is 22.6 Å². The molecule has 0 saturated carbocycles. The van der Waals surface area contributed by atoms with Crippen LogP contribution in [0.15, 0.2) is 34.0 Å². The molecule has 1 aliphatic heterocycles. The van der Waals surface area contributed by atoms with E-state index in [9.17, 15) is 9.90 Å². The van der Waals surface area contributed by atoms with Gasteiger partial charge in [-0.25, -0.2) is 0 Å². The number of esters is 1. The first-order valence-corrected chi connectivity index (χ1v) is 24.2. The zero-order valence-electron chi connectivity index (χ0n) is 31.6. The second kappa shape index (κ2) is 17.4. The lowest BCUT2D eigenvalue weighted by Crippen LogP contribution is -2.55. The molecule has 0 fully saturated rings. The SMILES string of the molecule is C=CC[C@@]1(C)C(=O)[C@H](C)[C@@H](O[Si](C)(C)C(C)(C)C)[C@@H](C)CCC/C(CO)=C\C[C@@H](/C(C)=C/I)OC(=O)C[C@@H]1O[Si](C)(C)C(C)(C)C. The molecule has 0 unspecified atom stereocenters. The van der Waals surface area contributed by atoms with Crippen LogP contribution in [0.5, 0.6) is 0 Å². The molecule has 0 amide bonds. The monoisotopic (exact) mass is 790 g/mol. The summed E-state index contributed by atoms with van der Waals surface area (Å²) in [5.41, 5.74) is 0.850. The number of hydrogen-bond donors (Lipinski definition) is 1. The summed E-state index contributed by atoms with van der Waals surface area (Å²) in [5.74, 6) is -0.679. The fraction of sp³-hybridized carbons (Fsp3) is 0.784. The molecule has 0 saturated heterocycles. The third-order valence-corrected chi connectivity index (χ3v) is 21.0. The van der Waals surface area contributed by atoms with E-state index in [4.69, 9.17) is 13.6 Å². The molecule has 1 heterocycles. The van der Waals surface area contributed by atoms with Gasteiger partial charge in [0.05, 0.1) is 30.7 Å². The number of allylic oxidation sites excluding steroid dienone is 1. The van der Waals surface area contributed by atoms with Crippen molar-refractivity contribution in [2.75, 3.05) is 6.61 Å². The molecule has 9 heteroatoms. The van der Waals surface area contributed by atoms with Gasteiger partial charge in [0.15, 0.2) is 16.6 Å². The second-order valence-corrected chi connectivity index (χ2v) is 27.1. The number of hydrogen-bond acceptors (Lipinski definition) is 6. The summed E-state index contributed by atoms with van der Waals surface area (Å²) in [6.07, 6.45) is 5.63. The van der Waals surface area contributed by atoms with E-state index in [1.165, 1.54) is 0 Å². The lowest BCUT2D eigenvalue weighted by molar-refractivity contribution is -0.154. The van der Waals surface area contributed by atoms with Crippen molar-refractivity contribution in [1.82, 2.24) is 0 Å². The minimum atomic E-state index is -2.44. The highest BCUT2D eigenvalue weighted by atomic mass is 127. The molecule has 0 spiro atoms. The average Bonchev–Trinajstić information content (AvgIpc) is 2.93. The quantitative estimate of drug-likeness (QED) is 0.114. The summed E-state index contributed by atoms with van der Waals surface area (Å²) >= 11 is 2.17. The average molecular weight is 791 g/mol. The molecule has 0 aromatic heterocycles. The summed E-state index contributed by atoms with van der Waals surface area (Å²) in [6, 6.07) is 0. The lowest BCUT2D eigenvalue weighted by Gasteiger charge is -2.47. The molecule has 1 N–H and O–H groups in total. The molecule has 6 nitrogen and oxygen atoms in total. The fourth-order valence-electron chi connectivity index (χ4n) is 5.61. The number of ketones is 1. The number of cyclic esters (lactones) is 1. The van der Waals surface area contributed by atoms with Gasteiger partial charge in [0.25, 0.3) is 0 Å². The Morgan fingerprint density at radius 2 is 1.63 bits per heavy atom. The Bertz CT molecular complexity index is 1100. The van der Waals surface area contributed by atoms with Crippen LogP contribution in [-0.2, 0) is 23.2 Å². The van der Waals surface area contributed by atoms with E-state index in [1.54, 1.807) is 6.08 Å². The van der Waals surface area contributed by atoms with E-state index < -0.39 is 46.1 Å². The minimum absolute atomic E-state index is 0.0270. The molecule has 266 valence electrons. The van der Waals surface area contributed by atoms with Crippen LogP contribution in [0.2, 0.25) is 36.3 Å². The third-order valence-electron chi connectivity index (χ3n) is 11.1. The van der Waals surface area contributed by atoms with Crippen molar-refractivity contribution < 1.29 is 28.3 Å². The highest BCUT2D eigenvalue weighted by Crippen LogP contribution is 2.45. The van der Waals surface area contributed by atoms with Gasteiger partial charge in [-0.15, -0.1) is 6.58 Å². The smallest absolute Gasteiger partial charge is 0.309 e. The van der Waals surface area contributed by atoms with Crippen molar-refractivity contribution in [3.05, 3.63) is 34.0 Å². The normalized spacial score (nSPS) is 30.4. The van der Waals surface area contributed by atoms with E-state index in [0.717, 1.165) is 30.4 Å². The maximum atomic E-state index is 15.0. The van der Waals surface area contributed by atoms with E-state index >= 15 is 4.79 Å². The van der Waals surface area contributed by atoms with Crippen LogP contribution in [-0.4, -0.2) is 58.4 Å². The molecule has 0 aromatic carbocycles. The zero-order chi connectivity index (χ0) is 35.9. The van der Waals surface area contributed by atoms with E-state index in [1.807, 2.05) is 30.9 Å². The number of aliphatic hydroxyl groups is 1. The second-order valence-electron chi connectivity index (χ2n) is 16.9. The number of ether oxygens (including phenoxy) is 1. The van der Waals surface area contributed by atoms with Crippen molar-refractivity contribution in [3.63, 3.8) is 0 Å². The molecule has 0 aliphatic carbocycles. The molecule has 0 bridgehead atoms. The zero-order valence-corrected chi connectivity index (χ0v) is 35.8. The first-order chi connectivity index (χ1) is 20.9. The van der Waals surface area contributed by atoms with Gasteiger partial charge in [-0.05, 0) is 96.9 Å². The predicted molar refractivity (Wildman–Crippen MR) is 206 cm³/mol. The van der Waals surface area contributed by atoms with Gasteiger partial charge in [0.1, 0.15) is 11.9 Å². The van der Waals surface area contributed by atoms with Gasteiger partial charge in [-0.2, -0.15) is 0 Å². The van der Waals surface area contributed by atoms with E-state index in [2.05, 4.69) is 104 Å². The molecular weight excluding hydrogens is 723 g/mol. The first kappa shape index (κ1) is 43.4. The van der Waals surface area contributed by atoms with Gasteiger partial charge in [0, 0.05) is 12.3 Å². The van der Waals surface area contributed by atoms with E-state index in [0.29, 0.717) is 12.8 Å². The van der Waals surface area contributed by atoms with Crippen LogP contribution in [0.4, 0.5) is 0 Å². The number of rotatable bonds is 8. The number of halogens is 1. The summed E-state index contributed by atoms with van der Waals surface area (Å²) in [5, 5.41) is 10.0. The summed E-state index contributed by atoms with van der Waals surface area (Å²) < 4.78 is 22.3. The van der Waals surface area contributed by atoms with Gasteiger partial charge in [-0.3, -0.25) is 9.59 Å². The van der Waals surface area contributed by atoms with Gasteiger partial charge < -0.3 is 18.7 Å². The summed E-state index contributed by atoms with van der Waals surface area (Å²) in [4.78, 5) is 28.9. The molecule has 0 radical (unpaired) electrons. The maximum Gasteiger partial charge on any atom is 0.309 e. The Balaban J connectivity index is 3.94. The largest absolute Gasteiger partial charge is 0.457 e. The Hall–Kier alpha value is -0.596. The maximum absolute atomic E-state index is 15.0. The number of carbonyl (C=O) groups is 2. The molecule has 1 aliphatic rings. The van der Waals surface area contributed by atoms with Crippen LogP contribution in [0, 0.1) is 17.3 Å². The molecule has 6 atom stereocenters. The predicted octanol–water partition coefficient (Wildman–Crippen LogP) is 10.3. The topological polar surface area (TPSA) is 82.1 Å². The first-order valence-electron chi connectivity index (χ1n) is 17.1.